The van der Waals surface area contributed by atoms with Gasteiger partial charge in [-0.25, -0.2) is 4.79 Å². The third-order valence-corrected chi connectivity index (χ3v) is 5.12. The van der Waals surface area contributed by atoms with Crippen molar-refractivity contribution < 1.29 is 23.4 Å². The summed E-state index contributed by atoms with van der Waals surface area (Å²) in [5, 5.41) is 2.52. The highest BCUT2D eigenvalue weighted by Gasteiger charge is 2.13. The van der Waals surface area contributed by atoms with Crippen molar-refractivity contribution in [2.24, 2.45) is 0 Å². The summed E-state index contributed by atoms with van der Waals surface area (Å²) < 4.78 is 27.2. The fourth-order valence-electron chi connectivity index (χ4n) is 3.67. The average molecular weight is 418 g/mol. The number of hydrogen-bond acceptors (Lipinski definition) is 6. The highest BCUT2D eigenvalue weighted by molar-refractivity contribution is 6.08. The van der Waals surface area contributed by atoms with Crippen molar-refractivity contribution in [3.05, 3.63) is 70.1 Å². The largest absolute Gasteiger partial charge is 0.496 e. The third-order valence-electron chi connectivity index (χ3n) is 5.12. The fraction of sp³-hybridized carbons (Fsp3) is 0.160. The molecule has 0 atom stereocenters. The molecule has 0 bridgehead atoms. The van der Waals surface area contributed by atoms with Crippen LogP contribution in [0.15, 0.2) is 57.7 Å². The van der Waals surface area contributed by atoms with Gasteiger partial charge in [0.1, 0.15) is 11.3 Å². The Bertz CT molecular complexity index is 1320. The van der Waals surface area contributed by atoms with E-state index >= 15 is 0 Å². The van der Waals surface area contributed by atoms with Crippen LogP contribution in [0.2, 0.25) is 0 Å². The summed E-state index contributed by atoms with van der Waals surface area (Å²) in [5.41, 5.74) is 1.67. The average Bonchev–Trinajstić information content (AvgIpc) is 2.80. The minimum atomic E-state index is -0.424. The molecule has 0 fully saturated rings. The number of methoxy groups -OCH3 is 4. The molecule has 0 radical (unpaired) electrons. The van der Waals surface area contributed by atoms with Crippen LogP contribution >= 0.6 is 0 Å². The molecular weight excluding hydrogens is 396 g/mol. The van der Waals surface area contributed by atoms with Crippen LogP contribution < -0.4 is 24.6 Å². The number of ether oxygens (including phenoxy) is 4. The normalized spacial score (nSPS) is 11.2. The van der Waals surface area contributed by atoms with Gasteiger partial charge in [-0.15, -0.1) is 0 Å². The van der Waals surface area contributed by atoms with Crippen molar-refractivity contribution in [1.29, 1.82) is 0 Å². The van der Waals surface area contributed by atoms with E-state index in [1.54, 1.807) is 28.4 Å². The van der Waals surface area contributed by atoms with Crippen LogP contribution in [-0.2, 0) is 0 Å². The van der Waals surface area contributed by atoms with Crippen molar-refractivity contribution >= 4 is 33.9 Å². The maximum Gasteiger partial charge on any atom is 0.336 e. The Morgan fingerprint density at radius 2 is 1.39 bits per heavy atom. The predicted octanol–water partition coefficient (Wildman–Crippen LogP) is 5.15. The van der Waals surface area contributed by atoms with Gasteiger partial charge in [0.05, 0.1) is 28.4 Å². The van der Waals surface area contributed by atoms with Gasteiger partial charge >= 0.3 is 5.63 Å². The molecule has 6 heteroatoms. The Morgan fingerprint density at radius 3 is 2.03 bits per heavy atom. The van der Waals surface area contributed by atoms with Gasteiger partial charge in [-0.3, -0.25) is 0 Å². The lowest BCUT2D eigenvalue weighted by Gasteiger charge is -2.13. The van der Waals surface area contributed by atoms with Crippen LogP contribution in [0, 0.1) is 0 Å². The molecule has 6 nitrogen and oxygen atoms in total. The first kappa shape index (κ1) is 20.3. The summed E-state index contributed by atoms with van der Waals surface area (Å²) in [5.74, 6) is 2.35. The van der Waals surface area contributed by atoms with E-state index in [4.69, 9.17) is 23.4 Å². The molecule has 31 heavy (non-hydrogen) atoms. The molecule has 0 saturated carbocycles. The smallest absolute Gasteiger partial charge is 0.336 e. The predicted molar refractivity (Wildman–Crippen MR) is 122 cm³/mol. The van der Waals surface area contributed by atoms with Crippen molar-refractivity contribution in [3.63, 3.8) is 0 Å². The zero-order valence-electron chi connectivity index (χ0n) is 17.7. The van der Waals surface area contributed by atoms with E-state index in [1.165, 1.54) is 6.07 Å². The topological polar surface area (TPSA) is 67.1 Å². The number of benzene rings is 3. The summed E-state index contributed by atoms with van der Waals surface area (Å²) in [6.07, 6.45) is 3.75. The lowest BCUT2D eigenvalue weighted by atomic mass is 10.0. The van der Waals surface area contributed by atoms with Crippen LogP contribution in [0.25, 0.3) is 33.9 Å². The molecule has 0 saturated heterocycles. The van der Waals surface area contributed by atoms with Crippen LogP contribution in [0.5, 0.6) is 23.0 Å². The lowest BCUT2D eigenvalue weighted by molar-refractivity contribution is 0.324. The maximum atomic E-state index is 12.3. The molecular formula is C25H22O6. The van der Waals surface area contributed by atoms with Crippen molar-refractivity contribution in [2.75, 3.05) is 28.4 Å². The minimum absolute atomic E-state index is 0.424. The van der Waals surface area contributed by atoms with Gasteiger partial charge in [-0.2, -0.15) is 0 Å². The first-order chi connectivity index (χ1) is 15.1. The molecule has 0 unspecified atom stereocenters. The fourth-order valence-corrected chi connectivity index (χ4v) is 3.67. The molecule has 1 aromatic heterocycles. The van der Waals surface area contributed by atoms with E-state index in [0.29, 0.717) is 22.8 Å². The van der Waals surface area contributed by atoms with Crippen LogP contribution in [-0.4, -0.2) is 28.4 Å². The zero-order valence-corrected chi connectivity index (χ0v) is 17.7. The first-order valence-corrected chi connectivity index (χ1v) is 9.61. The second-order valence-electron chi connectivity index (χ2n) is 6.81. The van der Waals surface area contributed by atoms with Crippen molar-refractivity contribution in [3.8, 4) is 23.0 Å². The van der Waals surface area contributed by atoms with E-state index < -0.39 is 5.63 Å². The Kier molecular flexibility index (Phi) is 5.54. The molecule has 0 amide bonds. The molecule has 0 N–H and O–H groups in total. The van der Waals surface area contributed by atoms with E-state index in [1.807, 2.05) is 54.6 Å². The van der Waals surface area contributed by atoms with E-state index in [9.17, 15) is 4.79 Å². The number of rotatable bonds is 6. The standard InChI is InChI=1S/C25H22O6/c1-27-20-7-5-6-19-18(20)11-10-17-16(14-23(26)31-24(17)19)9-8-15-12-21(28-2)25(30-4)22(13-15)29-3/h5-14H,1-4H3/b9-8+. The molecule has 0 spiro atoms. The molecule has 3 aromatic carbocycles. The lowest BCUT2D eigenvalue weighted by Crippen LogP contribution is -1.98. The molecule has 1 heterocycles. The van der Waals surface area contributed by atoms with E-state index in [0.717, 1.165) is 33.0 Å². The van der Waals surface area contributed by atoms with Gasteiger partial charge in [0, 0.05) is 22.2 Å². The highest BCUT2D eigenvalue weighted by Crippen LogP contribution is 2.39. The quantitative estimate of drug-likeness (QED) is 0.319. The second kappa shape index (κ2) is 8.44. The SMILES string of the molecule is COc1cc(/C=C/c2cc(=O)oc3c2ccc2c(OC)cccc23)cc(OC)c1OC. The second-order valence-corrected chi connectivity index (χ2v) is 6.81. The van der Waals surface area contributed by atoms with Crippen LogP contribution in [0.4, 0.5) is 0 Å². The molecule has 0 aliphatic carbocycles. The van der Waals surface area contributed by atoms with Gasteiger partial charge in [0.25, 0.3) is 0 Å². The van der Waals surface area contributed by atoms with Gasteiger partial charge in [-0.1, -0.05) is 24.3 Å². The van der Waals surface area contributed by atoms with Crippen molar-refractivity contribution in [1.82, 2.24) is 0 Å². The molecule has 158 valence electrons. The molecule has 4 rings (SSSR count). The summed E-state index contributed by atoms with van der Waals surface area (Å²) >= 11 is 0. The van der Waals surface area contributed by atoms with Gasteiger partial charge < -0.3 is 23.4 Å². The Balaban J connectivity index is 1.87. The first-order valence-electron chi connectivity index (χ1n) is 9.61. The molecule has 4 aromatic rings. The summed E-state index contributed by atoms with van der Waals surface area (Å²) in [6, 6.07) is 14.7. The summed E-state index contributed by atoms with van der Waals surface area (Å²) in [4.78, 5) is 12.3. The molecule has 0 aliphatic heterocycles. The zero-order chi connectivity index (χ0) is 22.0. The molecule has 0 aliphatic rings. The Morgan fingerprint density at radius 1 is 0.710 bits per heavy atom. The summed E-state index contributed by atoms with van der Waals surface area (Å²) in [6.45, 7) is 0. The maximum absolute atomic E-state index is 12.3. The third kappa shape index (κ3) is 3.68. The van der Waals surface area contributed by atoms with Crippen LogP contribution in [0.3, 0.4) is 0 Å². The summed E-state index contributed by atoms with van der Waals surface area (Å²) in [7, 11) is 6.32. The Labute approximate surface area is 179 Å². The Hall–Kier alpha value is -3.93. The minimum Gasteiger partial charge on any atom is -0.496 e. The van der Waals surface area contributed by atoms with Crippen molar-refractivity contribution in [2.45, 2.75) is 0 Å². The number of hydrogen-bond donors (Lipinski definition) is 0. The van der Waals surface area contributed by atoms with E-state index in [-0.39, 0.29) is 0 Å². The van der Waals surface area contributed by atoms with Gasteiger partial charge in [-0.05, 0) is 41.5 Å². The number of fused-ring (bicyclic) bond motifs is 3. The van der Waals surface area contributed by atoms with Crippen LogP contribution in [0.1, 0.15) is 11.1 Å². The highest BCUT2D eigenvalue weighted by atomic mass is 16.5. The van der Waals surface area contributed by atoms with Gasteiger partial charge in [0.2, 0.25) is 5.75 Å². The van der Waals surface area contributed by atoms with Gasteiger partial charge in [0.15, 0.2) is 11.5 Å². The monoisotopic (exact) mass is 418 g/mol. The van der Waals surface area contributed by atoms with E-state index in [2.05, 4.69) is 0 Å².